The minimum atomic E-state index is -0.106. The first-order chi connectivity index (χ1) is 7.13. The monoisotopic (exact) mass is 265 g/mol. The van der Waals surface area contributed by atoms with Gasteiger partial charge < -0.3 is 0 Å². The van der Waals surface area contributed by atoms with Gasteiger partial charge in [0.1, 0.15) is 6.07 Å². The van der Waals surface area contributed by atoms with Crippen molar-refractivity contribution in [2.45, 2.75) is 6.92 Å². The number of aldehydes is 1. The second kappa shape index (κ2) is 4.85. The fraction of sp³-hybridized carbons (Fsp3) is 0.182. The molecule has 15 heavy (non-hydrogen) atoms. The van der Waals surface area contributed by atoms with Crippen LogP contribution in [0.2, 0.25) is 0 Å². The van der Waals surface area contributed by atoms with Crippen LogP contribution in [0.4, 0.5) is 0 Å². The number of benzene rings is 1. The fourth-order valence-corrected chi connectivity index (χ4v) is 1.62. The first-order valence-corrected chi connectivity index (χ1v) is 5.35. The van der Waals surface area contributed by atoms with Crippen LogP contribution in [0.1, 0.15) is 31.8 Å². The van der Waals surface area contributed by atoms with Gasteiger partial charge in [-0.2, -0.15) is 5.26 Å². The number of halogens is 1. The van der Waals surface area contributed by atoms with Gasteiger partial charge in [-0.25, -0.2) is 0 Å². The summed E-state index contributed by atoms with van der Waals surface area (Å²) in [6.07, 6.45) is 0.594. The van der Waals surface area contributed by atoms with E-state index in [-0.39, 0.29) is 16.7 Å². The molecule has 0 heterocycles. The Morgan fingerprint density at radius 3 is 2.73 bits per heavy atom. The quantitative estimate of drug-likeness (QED) is 0.479. The molecule has 0 aliphatic heterocycles. The molecule has 0 spiro atoms. The van der Waals surface area contributed by atoms with Gasteiger partial charge in [-0.15, -0.1) is 0 Å². The Bertz CT molecular complexity index is 460. The van der Waals surface area contributed by atoms with Crippen LogP contribution in [0.25, 0.3) is 0 Å². The molecule has 0 unspecified atom stereocenters. The van der Waals surface area contributed by atoms with E-state index in [4.69, 9.17) is 5.26 Å². The van der Waals surface area contributed by atoms with Crippen molar-refractivity contribution in [2.24, 2.45) is 0 Å². The third kappa shape index (κ3) is 2.31. The van der Waals surface area contributed by atoms with Gasteiger partial charge in [0.05, 0.1) is 10.9 Å². The molecule has 0 saturated heterocycles. The summed E-state index contributed by atoms with van der Waals surface area (Å²) >= 11 is 3.06. The van der Waals surface area contributed by atoms with Gasteiger partial charge in [-0.05, 0) is 24.6 Å². The molecule has 0 saturated carbocycles. The zero-order chi connectivity index (χ0) is 11.4. The number of nitriles is 1. The van der Waals surface area contributed by atoms with Crippen molar-refractivity contribution >= 4 is 28.0 Å². The first kappa shape index (κ1) is 11.6. The van der Waals surface area contributed by atoms with Gasteiger partial charge >= 0.3 is 0 Å². The SMILES string of the molecule is Cc1cc(C(=O)CBr)cc(C=O)c1C#N. The Labute approximate surface area is 95.8 Å². The molecule has 0 radical (unpaired) electrons. The van der Waals surface area contributed by atoms with Crippen LogP contribution in [0, 0.1) is 18.3 Å². The van der Waals surface area contributed by atoms with Crippen LogP contribution in [0.5, 0.6) is 0 Å². The van der Waals surface area contributed by atoms with Gasteiger partial charge in [0, 0.05) is 11.1 Å². The zero-order valence-electron chi connectivity index (χ0n) is 8.08. The molecule has 1 aromatic carbocycles. The molecule has 0 amide bonds. The summed E-state index contributed by atoms with van der Waals surface area (Å²) < 4.78 is 0. The molecular formula is C11H8BrNO2. The minimum absolute atomic E-state index is 0.106. The smallest absolute Gasteiger partial charge is 0.173 e. The molecule has 0 bridgehead atoms. The highest BCUT2D eigenvalue weighted by Crippen LogP contribution is 2.16. The average molecular weight is 266 g/mol. The second-order valence-electron chi connectivity index (χ2n) is 3.04. The van der Waals surface area contributed by atoms with Gasteiger partial charge in [-0.3, -0.25) is 9.59 Å². The van der Waals surface area contributed by atoms with Gasteiger partial charge in [0.2, 0.25) is 0 Å². The van der Waals surface area contributed by atoms with Crippen molar-refractivity contribution < 1.29 is 9.59 Å². The zero-order valence-corrected chi connectivity index (χ0v) is 9.67. The normalized spacial score (nSPS) is 9.40. The van der Waals surface area contributed by atoms with E-state index < -0.39 is 0 Å². The summed E-state index contributed by atoms with van der Waals surface area (Å²) in [6, 6.07) is 5.01. The number of carbonyl (C=O) groups is 2. The van der Waals surface area contributed by atoms with Gasteiger partial charge in [-0.1, -0.05) is 15.9 Å². The summed E-state index contributed by atoms with van der Waals surface area (Å²) in [4.78, 5) is 22.1. The topological polar surface area (TPSA) is 57.9 Å². The largest absolute Gasteiger partial charge is 0.298 e. The molecule has 0 aromatic heterocycles. The summed E-state index contributed by atoms with van der Waals surface area (Å²) in [6.45, 7) is 1.70. The molecule has 0 fully saturated rings. The van der Waals surface area contributed by atoms with E-state index in [1.54, 1.807) is 13.0 Å². The van der Waals surface area contributed by atoms with E-state index in [2.05, 4.69) is 15.9 Å². The Morgan fingerprint density at radius 1 is 1.60 bits per heavy atom. The Hall–Kier alpha value is -1.47. The fourth-order valence-electron chi connectivity index (χ4n) is 1.30. The molecule has 0 aliphatic carbocycles. The lowest BCUT2D eigenvalue weighted by atomic mass is 9.98. The number of alkyl halides is 1. The van der Waals surface area contributed by atoms with Crippen molar-refractivity contribution in [1.29, 1.82) is 5.26 Å². The number of carbonyl (C=O) groups excluding carboxylic acids is 2. The number of Topliss-reactive ketones (excluding diaryl/α,β-unsaturated/α-hetero) is 1. The second-order valence-corrected chi connectivity index (χ2v) is 3.60. The molecule has 3 nitrogen and oxygen atoms in total. The Balaban J connectivity index is 3.39. The van der Waals surface area contributed by atoms with E-state index in [0.29, 0.717) is 23.0 Å². The first-order valence-electron chi connectivity index (χ1n) is 4.23. The number of hydrogen-bond donors (Lipinski definition) is 0. The molecule has 76 valence electrons. The predicted molar refractivity (Wildman–Crippen MR) is 59.4 cm³/mol. The summed E-state index contributed by atoms with van der Waals surface area (Å²) in [5, 5.41) is 9.02. The maximum absolute atomic E-state index is 11.4. The highest BCUT2D eigenvalue weighted by atomic mass is 79.9. The molecule has 0 atom stereocenters. The molecule has 4 heteroatoms. The third-order valence-electron chi connectivity index (χ3n) is 2.05. The van der Waals surface area contributed by atoms with Crippen molar-refractivity contribution in [3.63, 3.8) is 0 Å². The summed E-state index contributed by atoms with van der Waals surface area (Å²) in [5.41, 5.74) is 1.69. The number of aryl methyl sites for hydroxylation is 1. The van der Waals surface area contributed by atoms with Gasteiger partial charge in [0.25, 0.3) is 0 Å². The number of rotatable bonds is 3. The Morgan fingerprint density at radius 2 is 2.27 bits per heavy atom. The lowest BCUT2D eigenvalue weighted by Gasteiger charge is -2.04. The molecule has 1 aromatic rings. The van der Waals surface area contributed by atoms with E-state index in [9.17, 15) is 9.59 Å². The number of nitrogens with zero attached hydrogens (tertiary/aromatic N) is 1. The van der Waals surface area contributed by atoms with Crippen molar-refractivity contribution in [3.05, 3.63) is 34.4 Å². The van der Waals surface area contributed by atoms with E-state index in [1.165, 1.54) is 6.07 Å². The number of hydrogen-bond acceptors (Lipinski definition) is 3. The minimum Gasteiger partial charge on any atom is -0.298 e. The summed E-state index contributed by atoms with van der Waals surface area (Å²) in [7, 11) is 0. The third-order valence-corrected chi connectivity index (χ3v) is 2.56. The van der Waals surface area contributed by atoms with E-state index >= 15 is 0 Å². The lowest BCUT2D eigenvalue weighted by Crippen LogP contribution is -2.03. The highest BCUT2D eigenvalue weighted by molar-refractivity contribution is 9.09. The van der Waals surface area contributed by atoms with Crippen molar-refractivity contribution in [2.75, 3.05) is 5.33 Å². The number of ketones is 1. The maximum atomic E-state index is 11.4. The average Bonchev–Trinajstić information content (AvgIpc) is 2.26. The summed E-state index contributed by atoms with van der Waals surface area (Å²) in [5.74, 6) is -0.106. The molecule has 0 N–H and O–H groups in total. The van der Waals surface area contributed by atoms with Crippen LogP contribution >= 0.6 is 15.9 Å². The van der Waals surface area contributed by atoms with Crippen LogP contribution in [0.3, 0.4) is 0 Å². The van der Waals surface area contributed by atoms with Crippen LogP contribution in [-0.4, -0.2) is 17.4 Å². The van der Waals surface area contributed by atoms with Crippen LogP contribution in [-0.2, 0) is 0 Å². The molecular weight excluding hydrogens is 258 g/mol. The van der Waals surface area contributed by atoms with E-state index in [0.717, 1.165) is 0 Å². The standard InChI is InChI=1S/C11H8BrNO2/c1-7-2-8(11(15)4-12)3-9(6-14)10(7)5-13/h2-3,6H,4H2,1H3. The van der Waals surface area contributed by atoms with E-state index in [1.807, 2.05) is 6.07 Å². The maximum Gasteiger partial charge on any atom is 0.173 e. The molecule has 0 aliphatic rings. The lowest BCUT2D eigenvalue weighted by molar-refractivity contribution is 0.102. The predicted octanol–water partition coefficient (Wildman–Crippen LogP) is 2.26. The highest BCUT2D eigenvalue weighted by Gasteiger charge is 2.11. The van der Waals surface area contributed by atoms with Gasteiger partial charge in [0.15, 0.2) is 12.1 Å². The van der Waals surface area contributed by atoms with Crippen molar-refractivity contribution in [3.8, 4) is 6.07 Å². The molecule has 1 rings (SSSR count). The van der Waals surface area contributed by atoms with Crippen molar-refractivity contribution in [1.82, 2.24) is 0 Å². The Kier molecular flexibility index (Phi) is 3.75. The van der Waals surface area contributed by atoms with Crippen LogP contribution < -0.4 is 0 Å². The van der Waals surface area contributed by atoms with Crippen LogP contribution in [0.15, 0.2) is 12.1 Å².